The minimum absolute atomic E-state index is 0.136. The van der Waals surface area contributed by atoms with Crippen LogP contribution in [0.15, 0.2) is 34.9 Å². The number of hydrogen-bond acceptors (Lipinski definition) is 7. The first-order valence-electron chi connectivity index (χ1n) is 9.81. The Kier molecular flexibility index (Phi) is 7.38. The minimum atomic E-state index is -5.01. The zero-order valence-electron chi connectivity index (χ0n) is 17.8. The van der Waals surface area contributed by atoms with Crippen molar-refractivity contribution in [3.63, 3.8) is 0 Å². The van der Waals surface area contributed by atoms with Crippen molar-refractivity contribution in [2.75, 3.05) is 5.43 Å². The van der Waals surface area contributed by atoms with Gasteiger partial charge < -0.3 is 0 Å². The highest BCUT2D eigenvalue weighted by atomic mass is 32.1. The molecule has 0 bridgehead atoms. The number of hydrazone groups is 1. The highest BCUT2D eigenvalue weighted by Gasteiger charge is 2.38. The van der Waals surface area contributed by atoms with Crippen LogP contribution in [0.25, 0.3) is 10.6 Å². The van der Waals surface area contributed by atoms with Gasteiger partial charge in [0.05, 0.1) is 22.7 Å². The number of carbonyl (C=O) groups excluding carboxylic acids is 1. The topological polar surface area (TPSA) is 85.1 Å². The molecule has 3 heterocycles. The molecule has 0 aliphatic carbocycles. The van der Waals surface area contributed by atoms with Crippen LogP contribution in [-0.4, -0.2) is 37.4 Å². The number of hydrogen-bond donors (Lipinski definition) is 1. The number of carbonyl (C=O) groups is 1. The summed E-state index contributed by atoms with van der Waals surface area (Å²) in [6.07, 6.45) is -9.70. The Balaban J connectivity index is 1.85. The molecule has 0 aliphatic rings. The Morgan fingerprint density at radius 1 is 1.21 bits per heavy atom. The van der Waals surface area contributed by atoms with Crippen LogP contribution >= 0.6 is 11.3 Å². The van der Waals surface area contributed by atoms with Crippen LogP contribution in [0.3, 0.4) is 0 Å². The summed E-state index contributed by atoms with van der Waals surface area (Å²) >= 11 is 1.09. The number of aromatic nitrogens is 4. The molecular weight excluding hydrogens is 486 g/mol. The zero-order chi connectivity index (χ0) is 25.1. The molecule has 3 aromatic rings. The van der Waals surface area contributed by atoms with Crippen LogP contribution in [0, 0.1) is 6.92 Å². The first-order chi connectivity index (χ1) is 15.9. The molecule has 0 fully saturated rings. The Labute approximate surface area is 193 Å². The van der Waals surface area contributed by atoms with Crippen molar-refractivity contribution < 1.29 is 31.1 Å². The molecule has 0 radical (unpaired) electrons. The van der Waals surface area contributed by atoms with Crippen molar-refractivity contribution in [1.29, 1.82) is 0 Å². The summed E-state index contributed by atoms with van der Waals surface area (Å²) in [4.78, 5) is 19.7. The maximum absolute atomic E-state index is 13.5. The first-order valence-corrected chi connectivity index (χ1v) is 10.7. The second-order valence-corrected chi connectivity index (χ2v) is 8.04. The van der Waals surface area contributed by atoms with Crippen molar-refractivity contribution in [3.8, 4) is 10.6 Å². The quantitative estimate of drug-likeness (QED) is 0.256. The molecule has 14 heteroatoms. The van der Waals surface area contributed by atoms with Gasteiger partial charge in [-0.25, -0.2) is 15.4 Å². The molecule has 0 saturated heterocycles. The number of ketones is 1. The van der Waals surface area contributed by atoms with E-state index < -0.39 is 41.9 Å². The molecule has 0 atom stereocenters. The Hall–Kier alpha value is -3.29. The second kappa shape index (κ2) is 9.91. The van der Waals surface area contributed by atoms with Crippen molar-refractivity contribution in [2.45, 2.75) is 45.6 Å². The van der Waals surface area contributed by atoms with Crippen molar-refractivity contribution in [2.24, 2.45) is 5.10 Å². The van der Waals surface area contributed by atoms with Gasteiger partial charge in [-0.1, -0.05) is 6.07 Å². The van der Waals surface area contributed by atoms with Crippen molar-refractivity contribution >= 4 is 28.8 Å². The predicted molar refractivity (Wildman–Crippen MR) is 113 cm³/mol. The molecule has 0 spiro atoms. The van der Waals surface area contributed by atoms with E-state index in [4.69, 9.17) is 0 Å². The standard InChI is InChI=1S/C20H18F6N6OS/c1-3-32-10-12(11(2)31-32)7-13(33)8-17(20(24,25)26)29-30-18-27-14(15-5-4-6-34-15)9-16(28-18)19(21,22)23/h4-6,9-10H,3,7-8H2,1-2H3,(H,27,28,30). The average molecular weight is 504 g/mol. The smallest absolute Gasteiger partial charge is 0.299 e. The summed E-state index contributed by atoms with van der Waals surface area (Å²) in [5.74, 6) is -1.58. The van der Waals surface area contributed by atoms with E-state index in [-0.39, 0.29) is 12.1 Å². The van der Waals surface area contributed by atoms with Crippen LogP contribution in [0.4, 0.5) is 32.3 Å². The van der Waals surface area contributed by atoms with Gasteiger partial charge in [0, 0.05) is 24.7 Å². The van der Waals surface area contributed by atoms with Gasteiger partial charge >= 0.3 is 12.4 Å². The number of Topliss-reactive ketones (excluding diaryl/α,β-unsaturated/α-hetero) is 1. The van der Waals surface area contributed by atoms with E-state index in [0.29, 0.717) is 28.7 Å². The molecule has 0 unspecified atom stereocenters. The lowest BCUT2D eigenvalue weighted by molar-refractivity contribution is -0.141. The van der Waals surface area contributed by atoms with Crippen LogP contribution in [0.5, 0.6) is 0 Å². The molecule has 34 heavy (non-hydrogen) atoms. The predicted octanol–water partition coefficient (Wildman–Crippen LogP) is 5.28. The molecule has 0 aliphatic heterocycles. The number of aryl methyl sites for hydroxylation is 2. The summed E-state index contributed by atoms with van der Waals surface area (Å²) in [5.41, 5.74) is -0.175. The van der Waals surface area contributed by atoms with E-state index in [9.17, 15) is 31.1 Å². The second-order valence-electron chi connectivity index (χ2n) is 7.09. The largest absolute Gasteiger partial charge is 0.433 e. The number of anilines is 1. The Morgan fingerprint density at radius 2 is 1.94 bits per heavy atom. The SMILES string of the molecule is CCn1cc(CC(=O)CC(=NNc2nc(-c3cccs3)cc(C(F)(F)F)n2)C(F)(F)F)c(C)n1. The number of rotatable bonds is 8. The molecule has 0 aromatic carbocycles. The van der Waals surface area contributed by atoms with E-state index in [0.717, 1.165) is 11.3 Å². The summed E-state index contributed by atoms with van der Waals surface area (Å²) in [6.45, 7) is 3.97. The lowest BCUT2D eigenvalue weighted by Gasteiger charge is -2.12. The number of nitrogens with one attached hydrogen (secondary N) is 1. The third kappa shape index (κ3) is 6.40. The Morgan fingerprint density at radius 3 is 2.50 bits per heavy atom. The van der Waals surface area contributed by atoms with E-state index >= 15 is 0 Å². The van der Waals surface area contributed by atoms with Crippen molar-refractivity contribution in [1.82, 2.24) is 19.7 Å². The first kappa shape index (κ1) is 25.3. The summed E-state index contributed by atoms with van der Waals surface area (Å²) in [6, 6.07) is 3.77. The lowest BCUT2D eigenvalue weighted by Crippen LogP contribution is -2.27. The van der Waals surface area contributed by atoms with Crippen LogP contribution in [0.2, 0.25) is 0 Å². The molecule has 0 amide bonds. The maximum Gasteiger partial charge on any atom is 0.433 e. The lowest BCUT2D eigenvalue weighted by atomic mass is 10.1. The maximum atomic E-state index is 13.5. The molecule has 0 saturated carbocycles. The summed E-state index contributed by atoms with van der Waals surface area (Å²) in [7, 11) is 0. The van der Waals surface area contributed by atoms with E-state index in [1.165, 1.54) is 6.07 Å². The highest BCUT2D eigenvalue weighted by molar-refractivity contribution is 7.13. The van der Waals surface area contributed by atoms with Gasteiger partial charge in [-0.3, -0.25) is 9.48 Å². The molecule has 1 N–H and O–H groups in total. The number of halogens is 6. The fraction of sp³-hybridized carbons (Fsp3) is 0.350. The van der Waals surface area contributed by atoms with E-state index in [1.54, 1.807) is 29.2 Å². The monoisotopic (exact) mass is 504 g/mol. The highest BCUT2D eigenvalue weighted by Crippen LogP contribution is 2.32. The van der Waals surface area contributed by atoms with Gasteiger partial charge in [-0.15, -0.1) is 11.3 Å². The number of thiophene rings is 1. The van der Waals surface area contributed by atoms with Gasteiger partial charge in [-0.05, 0) is 31.4 Å². The fourth-order valence-electron chi connectivity index (χ4n) is 2.87. The molecule has 182 valence electrons. The van der Waals surface area contributed by atoms with Gasteiger partial charge in [0.1, 0.15) is 11.5 Å². The third-order valence-corrected chi connectivity index (χ3v) is 5.42. The zero-order valence-corrected chi connectivity index (χ0v) is 18.6. The van der Waals surface area contributed by atoms with Crippen LogP contribution < -0.4 is 5.43 Å². The fourth-order valence-corrected chi connectivity index (χ4v) is 3.56. The van der Waals surface area contributed by atoms with Gasteiger partial charge in [0.2, 0.25) is 5.95 Å². The minimum Gasteiger partial charge on any atom is -0.299 e. The number of alkyl halides is 6. The summed E-state index contributed by atoms with van der Waals surface area (Å²) in [5, 5.41) is 8.89. The van der Waals surface area contributed by atoms with E-state index in [1.807, 2.05) is 12.3 Å². The molecular formula is C20H18F6N6OS. The Bertz CT molecular complexity index is 1180. The molecule has 3 aromatic heterocycles. The number of nitrogens with zero attached hydrogens (tertiary/aromatic N) is 5. The van der Waals surface area contributed by atoms with Gasteiger partial charge in [0.15, 0.2) is 5.69 Å². The van der Waals surface area contributed by atoms with Crippen LogP contribution in [-0.2, 0) is 23.9 Å². The van der Waals surface area contributed by atoms with Gasteiger partial charge in [0.25, 0.3) is 0 Å². The van der Waals surface area contributed by atoms with E-state index in [2.05, 4.69) is 20.2 Å². The summed E-state index contributed by atoms with van der Waals surface area (Å²) < 4.78 is 81.7. The average Bonchev–Trinajstić information content (AvgIpc) is 3.39. The molecule has 7 nitrogen and oxygen atoms in total. The normalized spacial score (nSPS) is 12.8. The van der Waals surface area contributed by atoms with Crippen molar-refractivity contribution in [3.05, 3.63) is 46.7 Å². The van der Waals surface area contributed by atoms with Gasteiger partial charge in [-0.2, -0.15) is 36.5 Å². The third-order valence-electron chi connectivity index (χ3n) is 4.53. The van der Waals surface area contributed by atoms with Crippen LogP contribution in [0.1, 0.15) is 30.3 Å². The molecule has 3 rings (SSSR count).